The minimum Gasteiger partial charge on any atom is -0.480 e. The maximum Gasteiger partial charge on any atom is 0.416 e. The van der Waals surface area contributed by atoms with E-state index in [1.165, 1.54) is 6.92 Å². The molecule has 61 heavy (non-hydrogen) atoms. The molecular formula is C37H32F12N2O10. The number of halogens is 12. The lowest BCUT2D eigenvalue weighted by Gasteiger charge is -2.27. The van der Waals surface area contributed by atoms with Gasteiger partial charge in [-0.2, -0.15) is 52.7 Å². The topological polar surface area (TPSA) is 196 Å². The highest BCUT2D eigenvalue weighted by atomic mass is 19.4. The fourth-order valence-electron chi connectivity index (χ4n) is 5.47. The van der Waals surface area contributed by atoms with E-state index in [9.17, 15) is 91.7 Å². The number of carbonyl (C=O) groups is 6. The minimum absolute atomic E-state index is 0.0879. The number of amides is 2. The van der Waals surface area contributed by atoms with Crippen LogP contribution >= 0.6 is 0 Å². The van der Waals surface area contributed by atoms with Crippen molar-refractivity contribution in [3.05, 3.63) is 106 Å². The first-order valence-corrected chi connectivity index (χ1v) is 16.9. The number of ketones is 1. The van der Waals surface area contributed by atoms with E-state index in [1.807, 2.05) is 30.3 Å². The second-order valence-electron chi connectivity index (χ2n) is 13.0. The number of carbonyl (C=O) groups excluding carboxylic acids is 3. The van der Waals surface area contributed by atoms with Crippen LogP contribution in [0.3, 0.4) is 0 Å². The van der Waals surface area contributed by atoms with Gasteiger partial charge in [0.1, 0.15) is 30.5 Å². The Morgan fingerprint density at radius 2 is 0.902 bits per heavy atom. The predicted octanol–water partition coefficient (Wildman–Crippen LogP) is 7.89. The number of Topliss-reactive ketones (excluding diaryl/α,β-unsaturated/α-hetero) is 1. The fourth-order valence-corrected chi connectivity index (χ4v) is 5.47. The third-order valence-corrected chi connectivity index (χ3v) is 8.24. The monoisotopic (exact) mass is 892 g/mol. The Balaban J connectivity index is 0.000000476. The van der Waals surface area contributed by atoms with E-state index in [1.54, 1.807) is 13.8 Å². The summed E-state index contributed by atoms with van der Waals surface area (Å²) >= 11 is 0. The molecule has 0 aromatic heterocycles. The summed E-state index contributed by atoms with van der Waals surface area (Å²) in [4.78, 5) is 71.3. The normalized spacial score (nSPS) is 14.0. The van der Waals surface area contributed by atoms with E-state index in [-0.39, 0.29) is 48.9 Å². The number of benzene rings is 3. The van der Waals surface area contributed by atoms with Crippen molar-refractivity contribution in [3.8, 4) is 0 Å². The molecule has 0 saturated heterocycles. The summed E-state index contributed by atoms with van der Waals surface area (Å²) in [5, 5.41) is 32.5. The molecule has 24 heteroatoms. The molecule has 0 spiro atoms. The molecule has 334 valence electrons. The zero-order valence-corrected chi connectivity index (χ0v) is 31.2. The van der Waals surface area contributed by atoms with Crippen molar-refractivity contribution in [2.24, 2.45) is 5.92 Å². The Labute approximate surface area is 335 Å². The second-order valence-corrected chi connectivity index (χ2v) is 13.0. The van der Waals surface area contributed by atoms with Gasteiger partial charge in [0.25, 0.3) is 0 Å². The van der Waals surface area contributed by atoms with Crippen LogP contribution in [0.5, 0.6) is 0 Å². The number of hydrogen-bond donors (Lipinski definition) is 5. The molecule has 0 heterocycles. The molecule has 2 amide bonds. The van der Waals surface area contributed by atoms with Crippen LogP contribution < -0.4 is 10.6 Å². The Hall–Kier alpha value is -6.36. The van der Waals surface area contributed by atoms with Crippen LogP contribution in [0.2, 0.25) is 0 Å². The van der Waals surface area contributed by atoms with E-state index in [0.717, 1.165) is 5.56 Å². The lowest BCUT2D eigenvalue weighted by molar-refractivity contribution is -0.150. The molecule has 2 unspecified atom stereocenters. The molecular weight excluding hydrogens is 860 g/mol. The SMILES string of the molecule is CC(C)[C@H](NC(=O)OCc1ccccc1)C(=O)N[C@@H](C)C(=O)O.O=C(O)C(C(=O)C(C(=O)O)c1c(C(F)(F)F)cccc1C(F)(F)F)c1c(C(F)(F)F)cccc1C(F)(F)F. The maximum absolute atomic E-state index is 13.5. The number of carboxylic acid groups (broad SMARTS) is 3. The average molecular weight is 893 g/mol. The standard InChI is InChI=1S/C21H10F12O5.C16H22N2O5/c22-18(23,24)7-3-1-4-8(19(25,26)27)11(7)13(16(35)36)15(34)14(17(37)38)12-9(20(28,29)30)5-2-6-10(12)21(31,32)33;1-10(2)13(14(19)17-11(3)15(20)21)18-16(22)23-9-12-7-5-4-6-8-12/h1-6,13-14H,(H,35,36)(H,37,38);4-8,10-11,13H,9H2,1-3H3,(H,17,19)(H,18,22)(H,20,21)/t;11-,13-/m.0/s1. The first-order valence-electron chi connectivity index (χ1n) is 16.9. The van der Waals surface area contributed by atoms with E-state index in [0.29, 0.717) is 0 Å². The van der Waals surface area contributed by atoms with Crippen molar-refractivity contribution in [1.82, 2.24) is 10.6 Å². The number of aliphatic carboxylic acids is 3. The van der Waals surface area contributed by atoms with Crippen molar-refractivity contribution in [3.63, 3.8) is 0 Å². The summed E-state index contributed by atoms with van der Waals surface area (Å²) in [5.41, 5.74) is -13.7. The molecule has 3 rings (SSSR count). The third-order valence-electron chi connectivity index (χ3n) is 8.24. The molecule has 0 bridgehead atoms. The fraction of sp³-hybridized carbons (Fsp3) is 0.351. The Morgan fingerprint density at radius 1 is 0.541 bits per heavy atom. The second kappa shape index (κ2) is 19.8. The van der Waals surface area contributed by atoms with Gasteiger partial charge in [-0.05, 0) is 53.8 Å². The van der Waals surface area contributed by atoms with Crippen LogP contribution in [0.15, 0.2) is 66.7 Å². The zero-order chi connectivity index (χ0) is 47.0. The maximum atomic E-state index is 13.5. The lowest BCUT2D eigenvalue weighted by Crippen LogP contribution is -2.53. The van der Waals surface area contributed by atoms with Crippen LogP contribution in [0.4, 0.5) is 57.5 Å². The van der Waals surface area contributed by atoms with Gasteiger partial charge in [0.05, 0.1) is 22.3 Å². The van der Waals surface area contributed by atoms with E-state index in [4.69, 9.17) is 9.84 Å². The van der Waals surface area contributed by atoms with Crippen molar-refractivity contribution in [2.45, 2.75) is 76.0 Å². The van der Waals surface area contributed by atoms with Gasteiger partial charge in [0.2, 0.25) is 5.91 Å². The number of hydrogen-bond acceptors (Lipinski definition) is 7. The molecule has 4 atom stereocenters. The van der Waals surface area contributed by atoms with E-state index in [2.05, 4.69) is 10.6 Å². The Morgan fingerprint density at radius 3 is 1.20 bits per heavy atom. The van der Waals surface area contributed by atoms with Crippen LogP contribution in [0.25, 0.3) is 0 Å². The van der Waals surface area contributed by atoms with E-state index >= 15 is 0 Å². The minimum atomic E-state index is -5.83. The molecule has 3 aromatic rings. The number of alkyl carbamates (subject to hydrolysis) is 1. The van der Waals surface area contributed by atoms with Crippen molar-refractivity contribution >= 4 is 35.7 Å². The average Bonchev–Trinajstić information content (AvgIpc) is 3.11. The molecule has 5 N–H and O–H groups in total. The lowest BCUT2D eigenvalue weighted by atomic mass is 9.77. The van der Waals surface area contributed by atoms with Crippen molar-refractivity contribution < 1.29 is 102 Å². The first kappa shape index (κ1) is 50.8. The number of ether oxygens (including phenoxy) is 1. The summed E-state index contributed by atoms with van der Waals surface area (Å²) in [6.07, 6.45) is -24.0. The first-order chi connectivity index (χ1) is 27.8. The highest BCUT2D eigenvalue weighted by Crippen LogP contribution is 2.47. The van der Waals surface area contributed by atoms with E-state index < -0.39 is 118 Å². The van der Waals surface area contributed by atoms with Crippen LogP contribution in [0.1, 0.15) is 71.6 Å². The molecule has 3 aromatic carbocycles. The van der Waals surface area contributed by atoms with Gasteiger partial charge < -0.3 is 30.7 Å². The van der Waals surface area contributed by atoms with Gasteiger partial charge >= 0.3 is 48.7 Å². The van der Waals surface area contributed by atoms with Crippen molar-refractivity contribution in [1.29, 1.82) is 0 Å². The van der Waals surface area contributed by atoms with Gasteiger partial charge in [-0.15, -0.1) is 0 Å². The Kier molecular flexibility index (Phi) is 16.5. The predicted molar refractivity (Wildman–Crippen MR) is 182 cm³/mol. The quantitative estimate of drug-likeness (QED) is 0.0832. The van der Waals surface area contributed by atoms with Crippen molar-refractivity contribution in [2.75, 3.05) is 0 Å². The summed E-state index contributed by atoms with van der Waals surface area (Å²) in [6.45, 7) is 4.93. The number of alkyl halides is 12. The number of carboxylic acids is 3. The number of nitrogens with one attached hydrogen (secondary N) is 2. The molecule has 0 aliphatic heterocycles. The smallest absolute Gasteiger partial charge is 0.416 e. The molecule has 0 fully saturated rings. The molecule has 0 aliphatic rings. The molecule has 0 aliphatic carbocycles. The highest BCUT2D eigenvalue weighted by Gasteiger charge is 2.52. The molecule has 0 radical (unpaired) electrons. The molecule has 0 saturated carbocycles. The van der Waals surface area contributed by atoms with Gasteiger partial charge in [-0.25, -0.2) is 4.79 Å². The van der Waals surface area contributed by atoms with Gasteiger partial charge in [0.15, 0.2) is 5.78 Å². The van der Waals surface area contributed by atoms with Gasteiger partial charge in [0, 0.05) is 0 Å². The summed E-state index contributed by atoms with van der Waals surface area (Å²) in [5.74, 6) is -18.2. The summed E-state index contributed by atoms with van der Waals surface area (Å²) in [6, 6.07) is 7.00. The summed E-state index contributed by atoms with van der Waals surface area (Å²) < 4.78 is 168. The molecule has 12 nitrogen and oxygen atoms in total. The van der Waals surface area contributed by atoms with Crippen LogP contribution in [-0.4, -0.2) is 63.1 Å². The largest absolute Gasteiger partial charge is 0.480 e. The van der Waals surface area contributed by atoms with Gasteiger partial charge in [-0.3, -0.25) is 24.0 Å². The van der Waals surface area contributed by atoms with Crippen LogP contribution in [0, 0.1) is 5.92 Å². The number of rotatable bonds is 13. The van der Waals surface area contributed by atoms with Crippen LogP contribution in [-0.2, 0) is 60.0 Å². The van der Waals surface area contributed by atoms with Gasteiger partial charge in [-0.1, -0.05) is 56.3 Å². The summed E-state index contributed by atoms with van der Waals surface area (Å²) in [7, 11) is 0. The Bertz CT molecular complexity index is 1920. The zero-order valence-electron chi connectivity index (χ0n) is 31.2. The third kappa shape index (κ3) is 13.6. The highest BCUT2D eigenvalue weighted by molar-refractivity contribution is 6.15.